The number of hydrogen-bond donors (Lipinski definition) is 0. The summed E-state index contributed by atoms with van der Waals surface area (Å²) in [4.78, 5) is 4.00. The Morgan fingerprint density at radius 3 is 2.68 bits per heavy atom. The minimum atomic E-state index is -3.48. The first kappa shape index (κ1) is 15.6. The quantitative estimate of drug-likeness (QED) is 0.862. The summed E-state index contributed by atoms with van der Waals surface area (Å²) in [6.45, 7) is 1.07. The van der Waals surface area contributed by atoms with Crippen LogP contribution in [0.1, 0.15) is 17.2 Å². The van der Waals surface area contributed by atoms with Crippen LogP contribution in [0.15, 0.2) is 47.9 Å². The zero-order chi connectivity index (χ0) is 15.6. The van der Waals surface area contributed by atoms with Crippen LogP contribution in [0.2, 0.25) is 0 Å². The summed E-state index contributed by atoms with van der Waals surface area (Å²) >= 11 is 1.83. The van der Waals surface area contributed by atoms with E-state index >= 15 is 0 Å². The molecule has 118 valence electrons. The first-order valence-electron chi connectivity index (χ1n) is 7.22. The van der Waals surface area contributed by atoms with E-state index in [1.54, 1.807) is 22.1 Å². The zero-order valence-corrected chi connectivity index (χ0v) is 14.1. The summed E-state index contributed by atoms with van der Waals surface area (Å²) in [5, 5.41) is 0.489. The standard InChI is InChI=1S/C15H19N3O2S2/c1-17-11-15(16-12-17)22(19,20)18-8-7-14(21-10-9-18)13-5-3-2-4-6-13/h2-6,11-12,14H,7-10H2,1H3/t14-/m1/s1. The van der Waals surface area contributed by atoms with Gasteiger partial charge in [-0.25, -0.2) is 13.4 Å². The van der Waals surface area contributed by atoms with Gasteiger partial charge in [-0.05, 0) is 12.0 Å². The second kappa shape index (κ2) is 6.44. The molecule has 0 radical (unpaired) electrons. The monoisotopic (exact) mass is 337 g/mol. The molecule has 1 aliphatic rings. The van der Waals surface area contributed by atoms with Gasteiger partial charge in [0.1, 0.15) is 0 Å². The predicted octanol–water partition coefficient (Wildman–Crippen LogP) is 2.29. The van der Waals surface area contributed by atoms with Crippen molar-refractivity contribution < 1.29 is 8.42 Å². The van der Waals surface area contributed by atoms with Gasteiger partial charge in [0.05, 0.1) is 6.33 Å². The molecule has 22 heavy (non-hydrogen) atoms. The van der Waals surface area contributed by atoms with Crippen molar-refractivity contribution in [3.63, 3.8) is 0 Å². The summed E-state index contributed by atoms with van der Waals surface area (Å²) in [6.07, 6.45) is 3.90. The third kappa shape index (κ3) is 3.21. The minimum absolute atomic E-state index is 0.137. The van der Waals surface area contributed by atoms with Gasteiger partial charge in [-0.15, -0.1) is 0 Å². The first-order chi connectivity index (χ1) is 10.6. The topological polar surface area (TPSA) is 55.2 Å². The summed E-state index contributed by atoms with van der Waals surface area (Å²) < 4.78 is 28.5. The molecule has 0 bridgehead atoms. The fourth-order valence-electron chi connectivity index (χ4n) is 2.58. The van der Waals surface area contributed by atoms with Crippen LogP contribution in [0.25, 0.3) is 0 Å². The van der Waals surface area contributed by atoms with Crippen molar-refractivity contribution in [2.45, 2.75) is 16.7 Å². The van der Waals surface area contributed by atoms with Crippen LogP contribution in [0, 0.1) is 0 Å². The average Bonchev–Trinajstić information content (AvgIpc) is 2.82. The maximum atomic E-state index is 12.6. The molecule has 0 aliphatic carbocycles. The Kier molecular flexibility index (Phi) is 4.56. The lowest BCUT2D eigenvalue weighted by atomic mass is 10.1. The fourth-order valence-corrected chi connectivity index (χ4v) is 5.35. The van der Waals surface area contributed by atoms with E-state index < -0.39 is 10.0 Å². The Hall–Kier alpha value is -1.31. The van der Waals surface area contributed by atoms with E-state index in [9.17, 15) is 8.42 Å². The maximum Gasteiger partial charge on any atom is 0.262 e. The molecular formula is C15H19N3O2S2. The third-order valence-corrected chi connectivity index (χ3v) is 6.87. The summed E-state index contributed by atoms with van der Waals surface area (Å²) in [6, 6.07) is 10.3. The fraction of sp³-hybridized carbons (Fsp3) is 0.400. The molecule has 0 unspecified atom stereocenters. The van der Waals surface area contributed by atoms with Gasteiger partial charge in [0, 0.05) is 37.3 Å². The number of thioether (sulfide) groups is 1. The first-order valence-corrected chi connectivity index (χ1v) is 9.71. The number of aryl methyl sites for hydroxylation is 1. The molecule has 0 saturated carbocycles. The van der Waals surface area contributed by atoms with Gasteiger partial charge in [-0.2, -0.15) is 16.1 Å². The van der Waals surface area contributed by atoms with Crippen LogP contribution in [-0.2, 0) is 17.1 Å². The van der Waals surface area contributed by atoms with E-state index in [0.717, 1.165) is 12.2 Å². The van der Waals surface area contributed by atoms with Crippen LogP contribution < -0.4 is 0 Å². The number of nitrogens with zero attached hydrogens (tertiary/aromatic N) is 3. The molecule has 2 aromatic rings. The van der Waals surface area contributed by atoms with E-state index in [1.807, 2.05) is 30.0 Å². The number of benzene rings is 1. The number of imidazole rings is 1. The Labute approximate surface area is 135 Å². The number of aromatic nitrogens is 2. The van der Waals surface area contributed by atoms with Crippen molar-refractivity contribution in [1.82, 2.24) is 13.9 Å². The van der Waals surface area contributed by atoms with Crippen molar-refractivity contribution in [3.8, 4) is 0 Å². The molecule has 1 aliphatic heterocycles. The normalized spacial score (nSPS) is 20.7. The van der Waals surface area contributed by atoms with Crippen molar-refractivity contribution in [3.05, 3.63) is 48.4 Å². The second-order valence-electron chi connectivity index (χ2n) is 5.34. The highest BCUT2D eigenvalue weighted by molar-refractivity contribution is 7.99. The molecule has 1 aromatic carbocycles. The molecule has 2 heterocycles. The second-order valence-corrected chi connectivity index (χ2v) is 8.54. The highest BCUT2D eigenvalue weighted by atomic mass is 32.2. The molecule has 1 aromatic heterocycles. The van der Waals surface area contributed by atoms with Crippen LogP contribution in [0.4, 0.5) is 0 Å². The van der Waals surface area contributed by atoms with E-state index in [2.05, 4.69) is 17.1 Å². The summed E-state index contributed by atoms with van der Waals surface area (Å²) in [7, 11) is -1.71. The van der Waals surface area contributed by atoms with Crippen LogP contribution in [0.5, 0.6) is 0 Å². The molecule has 1 fully saturated rings. The molecular weight excluding hydrogens is 318 g/mol. The zero-order valence-electron chi connectivity index (χ0n) is 12.4. The highest BCUT2D eigenvalue weighted by Crippen LogP contribution is 2.35. The van der Waals surface area contributed by atoms with Crippen molar-refractivity contribution >= 4 is 21.8 Å². The Morgan fingerprint density at radius 2 is 2.00 bits per heavy atom. The molecule has 0 N–H and O–H groups in total. The van der Waals surface area contributed by atoms with E-state index in [4.69, 9.17) is 0 Å². The van der Waals surface area contributed by atoms with Gasteiger partial charge in [0.2, 0.25) is 0 Å². The Bertz CT molecular complexity index is 728. The Balaban J connectivity index is 1.75. The van der Waals surface area contributed by atoms with Gasteiger partial charge in [-0.1, -0.05) is 30.3 Å². The Morgan fingerprint density at radius 1 is 1.23 bits per heavy atom. The molecule has 7 heteroatoms. The lowest BCUT2D eigenvalue weighted by molar-refractivity contribution is 0.426. The predicted molar refractivity (Wildman–Crippen MR) is 88.2 cm³/mol. The highest BCUT2D eigenvalue weighted by Gasteiger charge is 2.29. The summed E-state index contributed by atoms with van der Waals surface area (Å²) in [5.74, 6) is 0.797. The molecule has 5 nitrogen and oxygen atoms in total. The van der Waals surface area contributed by atoms with Crippen molar-refractivity contribution in [2.24, 2.45) is 7.05 Å². The lowest BCUT2D eigenvalue weighted by Gasteiger charge is -2.18. The number of rotatable bonds is 3. The smallest absolute Gasteiger partial charge is 0.262 e. The van der Waals surface area contributed by atoms with Crippen LogP contribution >= 0.6 is 11.8 Å². The van der Waals surface area contributed by atoms with Gasteiger partial charge >= 0.3 is 0 Å². The van der Waals surface area contributed by atoms with Crippen LogP contribution in [0.3, 0.4) is 0 Å². The van der Waals surface area contributed by atoms with Crippen molar-refractivity contribution in [1.29, 1.82) is 0 Å². The lowest BCUT2D eigenvalue weighted by Crippen LogP contribution is -2.33. The molecule has 1 saturated heterocycles. The van der Waals surface area contributed by atoms with Crippen molar-refractivity contribution in [2.75, 3.05) is 18.8 Å². The molecule has 3 rings (SSSR count). The molecule has 1 atom stereocenters. The average molecular weight is 337 g/mol. The SMILES string of the molecule is Cn1cnc(S(=O)(=O)N2CCS[C@@H](c3ccccc3)CC2)c1. The maximum absolute atomic E-state index is 12.6. The van der Waals surface area contributed by atoms with E-state index in [0.29, 0.717) is 18.3 Å². The molecule has 0 spiro atoms. The summed E-state index contributed by atoms with van der Waals surface area (Å²) in [5.41, 5.74) is 1.27. The third-order valence-electron chi connectivity index (χ3n) is 3.76. The van der Waals surface area contributed by atoms with Gasteiger partial charge in [0.15, 0.2) is 5.03 Å². The number of hydrogen-bond acceptors (Lipinski definition) is 4. The largest absolute Gasteiger partial charge is 0.339 e. The van der Waals surface area contributed by atoms with Gasteiger partial charge in [-0.3, -0.25) is 0 Å². The van der Waals surface area contributed by atoms with Gasteiger partial charge in [0.25, 0.3) is 10.0 Å². The number of sulfonamides is 1. The minimum Gasteiger partial charge on any atom is -0.339 e. The van der Waals surface area contributed by atoms with E-state index in [1.165, 1.54) is 11.9 Å². The van der Waals surface area contributed by atoms with Gasteiger partial charge < -0.3 is 4.57 Å². The van der Waals surface area contributed by atoms with E-state index in [-0.39, 0.29) is 5.03 Å². The van der Waals surface area contributed by atoms with Crippen LogP contribution in [-0.4, -0.2) is 41.1 Å². The molecule has 0 amide bonds.